The number of aryl methyl sites for hydroxylation is 1. The zero-order valence-electron chi connectivity index (χ0n) is 18.0. The summed E-state index contributed by atoms with van der Waals surface area (Å²) in [5.74, 6) is 0.793. The highest BCUT2D eigenvalue weighted by molar-refractivity contribution is 5.76. The van der Waals surface area contributed by atoms with Gasteiger partial charge >= 0.3 is 6.18 Å². The summed E-state index contributed by atoms with van der Waals surface area (Å²) in [5.41, 5.74) is 5.00. The summed E-state index contributed by atoms with van der Waals surface area (Å²) >= 11 is 0. The number of hydrogen-bond acceptors (Lipinski definition) is 5. The van der Waals surface area contributed by atoms with Crippen LogP contribution in [0.1, 0.15) is 62.1 Å². The number of hydrazine groups is 1. The maximum atomic E-state index is 12.6. The van der Waals surface area contributed by atoms with E-state index in [4.69, 9.17) is 4.74 Å². The third-order valence-electron chi connectivity index (χ3n) is 5.40. The molecule has 0 aromatic carbocycles. The number of carbonyl (C=O) groups is 1. The summed E-state index contributed by atoms with van der Waals surface area (Å²) in [6, 6.07) is 3.54. The Morgan fingerprint density at radius 1 is 1.27 bits per heavy atom. The van der Waals surface area contributed by atoms with Gasteiger partial charge in [-0.25, -0.2) is 10.4 Å². The monoisotopic (exact) mass is 427 g/mol. The lowest BCUT2D eigenvalue weighted by Gasteiger charge is -2.36. The van der Waals surface area contributed by atoms with Crippen molar-refractivity contribution in [1.29, 1.82) is 0 Å². The number of alkyl halides is 3. The summed E-state index contributed by atoms with van der Waals surface area (Å²) < 4.78 is 43.8. The highest BCUT2D eigenvalue weighted by Gasteiger charge is 2.35. The molecule has 2 unspecified atom stereocenters. The number of rotatable bonds is 7. The standard InChI is InChI=1S/C20H26F3N3O2.C2H6/c1-14-6-7-19(17(12-27)25-14)28-13-15-4-2-3-5-16(15)18-8-10-24-26(18)11-9-20(21,22)23;1-2/h6-8,12,15-16,24H,2-5,9-11,13H2,1H3;1-2H3. The van der Waals surface area contributed by atoms with Gasteiger partial charge in [-0.05, 0) is 38.0 Å². The van der Waals surface area contributed by atoms with Crippen molar-refractivity contribution in [1.82, 2.24) is 15.4 Å². The van der Waals surface area contributed by atoms with Gasteiger partial charge < -0.3 is 9.75 Å². The molecule has 0 spiro atoms. The minimum Gasteiger partial charge on any atom is -0.491 e. The molecule has 0 amide bonds. The molecule has 2 aliphatic rings. The van der Waals surface area contributed by atoms with Gasteiger partial charge in [-0.2, -0.15) is 13.2 Å². The molecule has 168 valence electrons. The number of allylic oxidation sites excluding steroid dienone is 1. The molecule has 5 nitrogen and oxygen atoms in total. The van der Waals surface area contributed by atoms with Crippen molar-refractivity contribution in [2.45, 2.75) is 59.1 Å². The van der Waals surface area contributed by atoms with Crippen LogP contribution in [0.4, 0.5) is 13.2 Å². The molecule has 30 heavy (non-hydrogen) atoms. The molecule has 0 bridgehead atoms. The molecule has 1 aliphatic heterocycles. The SMILES string of the molecule is CC.Cc1ccc(OCC2CCCCC2C2=CCNN2CCC(F)(F)F)c(C=O)n1. The van der Waals surface area contributed by atoms with Crippen LogP contribution in [0.5, 0.6) is 5.75 Å². The molecule has 1 N–H and O–H groups in total. The van der Waals surface area contributed by atoms with Gasteiger partial charge in [0.15, 0.2) is 6.29 Å². The number of halogens is 3. The average molecular weight is 428 g/mol. The van der Waals surface area contributed by atoms with E-state index in [1.54, 1.807) is 17.1 Å². The van der Waals surface area contributed by atoms with Gasteiger partial charge in [-0.1, -0.05) is 26.7 Å². The van der Waals surface area contributed by atoms with Crippen molar-refractivity contribution in [3.05, 3.63) is 35.3 Å². The van der Waals surface area contributed by atoms with Crippen LogP contribution >= 0.6 is 0 Å². The van der Waals surface area contributed by atoms with Gasteiger partial charge in [-0.15, -0.1) is 0 Å². The normalized spacial score (nSPS) is 21.5. The molecule has 0 radical (unpaired) electrons. The minimum absolute atomic E-state index is 0.0867. The van der Waals surface area contributed by atoms with E-state index in [2.05, 4.69) is 10.4 Å². The molecular formula is C22H32F3N3O2. The van der Waals surface area contributed by atoms with Gasteiger partial charge in [0.25, 0.3) is 0 Å². The molecule has 0 saturated heterocycles. The van der Waals surface area contributed by atoms with E-state index in [9.17, 15) is 18.0 Å². The van der Waals surface area contributed by atoms with Crippen LogP contribution in [-0.2, 0) is 0 Å². The lowest BCUT2D eigenvalue weighted by atomic mass is 9.77. The smallest absolute Gasteiger partial charge is 0.390 e. The first-order valence-corrected chi connectivity index (χ1v) is 10.7. The first-order valence-electron chi connectivity index (χ1n) is 10.7. The van der Waals surface area contributed by atoms with Gasteiger partial charge in [0.1, 0.15) is 11.4 Å². The van der Waals surface area contributed by atoms with Crippen LogP contribution in [0.3, 0.4) is 0 Å². The van der Waals surface area contributed by atoms with Gasteiger partial charge in [0, 0.05) is 36.3 Å². The van der Waals surface area contributed by atoms with E-state index in [0.717, 1.165) is 37.1 Å². The van der Waals surface area contributed by atoms with Crippen molar-refractivity contribution in [2.24, 2.45) is 11.8 Å². The van der Waals surface area contributed by atoms with E-state index >= 15 is 0 Å². The number of aldehydes is 1. The topological polar surface area (TPSA) is 54.5 Å². The molecule has 1 saturated carbocycles. The van der Waals surface area contributed by atoms with Crippen molar-refractivity contribution in [3.63, 3.8) is 0 Å². The van der Waals surface area contributed by atoms with E-state index in [0.29, 0.717) is 25.2 Å². The number of nitrogens with one attached hydrogen (secondary N) is 1. The molecule has 1 aromatic rings. The van der Waals surface area contributed by atoms with E-state index < -0.39 is 12.6 Å². The van der Waals surface area contributed by atoms with Crippen molar-refractivity contribution in [3.8, 4) is 5.75 Å². The largest absolute Gasteiger partial charge is 0.491 e. The Morgan fingerprint density at radius 3 is 2.70 bits per heavy atom. The third-order valence-corrected chi connectivity index (χ3v) is 5.40. The van der Waals surface area contributed by atoms with Crippen molar-refractivity contribution >= 4 is 6.29 Å². The van der Waals surface area contributed by atoms with Crippen LogP contribution in [-0.4, -0.2) is 42.2 Å². The fourth-order valence-electron chi connectivity index (χ4n) is 4.02. The molecule has 1 fully saturated rings. The molecule has 1 aromatic heterocycles. The second kappa shape index (κ2) is 11.3. The van der Waals surface area contributed by atoms with E-state index in [1.807, 2.05) is 26.8 Å². The number of nitrogens with zero attached hydrogens (tertiary/aromatic N) is 2. The molecular weight excluding hydrogens is 395 g/mol. The maximum Gasteiger partial charge on any atom is 0.390 e. The van der Waals surface area contributed by atoms with Gasteiger partial charge in [0.05, 0.1) is 13.0 Å². The number of pyridine rings is 1. The molecule has 2 heterocycles. The lowest BCUT2D eigenvalue weighted by molar-refractivity contribution is -0.138. The second-order valence-corrected chi connectivity index (χ2v) is 7.42. The maximum absolute atomic E-state index is 12.6. The average Bonchev–Trinajstić information content (AvgIpc) is 3.21. The Morgan fingerprint density at radius 2 is 2.00 bits per heavy atom. The van der Waals surface area contributed by atoms with Crippen LogP contribution in [0.25, 0.3) is 0 Å². The predicted molar refractivity (Wildman–Crippen MR) is 110 cm³/mol. The number of carbonyl (C=O) groups excluding carboxylic acids is 1. The first kappa shape index (κ1) is 24.2. The summed E-state index contributed by atoms with van der Waals surface area (Å²) in [5, 5.41) is 1.65. The summed E-state index contributed by atoms with van der Waals surface area (Å²) in [6.45, 7) is 6.69. The Bertz CT molecular complexity index is 722. The zero-order chi connectivity index (χ0) is 22.1. The highest BCUT2D eigenvalue weighted by Crippen LogP contribution is 2.38. The van der Waals surface area contributed by atoms with Crippen LogP contribution in [0, 0.1) is 18.8 Å². The number of aromatic nitrogens is 1. The van der Waals surface area contributed by atoms with Crippen LogP contribution < -0.4 is 10.2 Å². The van der Waals surface area contributed by atoms with Crippen LogP contribution in [0.15, 0.2) is 23.9 Å². The molecule has 1 aliphatic carbocycles. The third kappa shape index (κ3) is 6.72. The van der Waals surface area contributed by atoms with Gasteiger partial charge in [0.2, 0.25) is 0 Å². The van der Waals surface area contributed by atoms with Gasteiger partial charge in [-0.3, -0.25) is 4.79 Å². The van der Waals surface area contributed by atoms with E-state index in [1.165, 1.54) is 0 Å². The summed E-state index contributed by atoms with van der Waals surface area (Å²) in [6.07, 6.45) is 1.66. The van der Waals surface area contributed by atoms with Crippen molar-refractivity contribution < 1.29 is 22.7 Å². The quantitative estimate of drug-likeness (QED) is 0.616. The number of ether oxygens (including phenoxy) is 1. The Labute approximate surface area is 176 Å². The molecule has 2 atom stereocenters. The first-order chi connectivity index (χ1) is 14.4. The fourth-order valence-corrected chi connectivity index (χ4v) is 4.02. The Kier molecular flexibility index (Phi) is 9.14. The predicted octanol–water partition coefficient (Wildman–Crippen LogP) is 5.07. The second-order valence-electron chi connectivity index (χ2n) is 7.42. The Balaban J connectivity index is 0.00000155. The van der Waals surface area contributed by atoms with Crippen molar-refractivity contribution in [2.75, 3.05) is 19.7 Å². The minimum atomic E-state index is -4.17. The zero-order valence-corrected chi connectivity index (χ0v) is 18.0. The van der Waals surface area contributed by atoms with Crippen LogP contribution in [0.2, 0.25) is 0 Å². The lowest BCUT2D eigenvalue weighted by Crippen LogP contribution is -2.39. The number of hydrogen-bond donors (Lipinski definition) is 1. The summed E-state index contributed by atoms with van der Waals surface area (Å²) in [4.78, 5) is 15.4. The highest BCUT2D eigenvalue weighted by atomic mass is 19.4. The summed E-state index contributed by atoms with van der Waals surface area (Å²) in [7, 11) is 0. The fraction of sp³-hybridized carbons (Fsp3) is 0.636. The molecule has 3 rings (SSSR count). The Hall–Kier alpha value is -2.09. The van der Waals surface area contributed by atoms with E-state index in [-0.39, 0.29) is 24.1 Å². The molecule has 8 heteroatoms.